The van der Waals surface area contributed by atoms with Crippen molar-refractivity contribution in [3.8, 4) is 0 Å². The van der Waals surface area contributed by atoms with Crippen LogP contribution in [0.15, 0.2) is 24.3 Å². The summed E-state index contributed by atoms with van der Waals surface area (Å²) in [4.78, 5) is 28.2. The van der Waals surface area contributed by atoms with Gasteiger partial charge in [0.1, 0.15) is 6.04 Å². The lowest BCUT2D eigenvalue weighted by atomic mass is 9.95. The molecule has 0 bridgehead atoms. The summed E-state index contributed by atoms with van der Waals surface area (Å²) in [6.07, 6.45) is 5.75. The molecule has 1 heterocycles. The van der Waals surface area contributed by atoms with E-state index in [4.69, 9.17) is 0 Å². The van der Waals surface area contributed by atoms with E-state index < -0.39 is 0 Å². The van der Waals surface area contributed by atoms with E-state index in [1.165, 1.54) is 19.3 Å². The van der Waals surface area contributed by atoms with Gasteiger partial charge in [-0.25, -0.2) is 0 Å². The van der Waals surface area contributed by atoms with Gasteiger partial charge in [0, 0.05) is 17.4 Å². The SMILES string of the molecule is Cc1ccccc1C(=O)N1C(C(=O)NC2CCCCC2)CSC1C(C)C. The Balaban J connectivity index is 1.80. The molecule has 0 spiro atoms. The molecule has 26 heavy (non-hydrogen) atoms. The molecule has 0 aromatic heterocycles. The Hall–Kier alpha value is -1.49. The van der Waals surface area contributed by atoms with Crippen LogP contribution in [-0.2, 0) is 4.79 Å². The maximum atomic E-state index is 13.3. The fourth-order valence-corrected chi connectivity index (χ4v) is 5.48. The molecule has 2 aliphatic rings. The Kier molecular flexibility index (Phi) is 6.28. The van der Waals surface area contributed by atoms with E-state index in [9.17, 15) is 9.59 Å². The molecular weight excluding hydrogens is 344 g/mol. The minimum atomic E-state index is -0.374. The van der Waals surface area contributed by atoms with E-state index in [1.807, 2.05) is 36.1 Å². The van der Waals surface area contributed by atoms with Crippen molar-refractivity contribution >= 4 is 23.6 Å². The van der Waals surface area contributed by atoms with E-state index in [-0.39, 0.29) is 29.3 Å². The topological polar surface area (TPSA) is 49.4 Å². The Morgan fingerprint density at radius 1 is 1.15 bits per heavy atom. The first kappa shape index (κ1) is 19.3. The molecule has 1 aromatic rings. The van der Waals surface area contributed by atoms with Crippen molar-refractivity contribution in [1.82, 2.24) is 10.2 Å². The number of amides is 2. The molecule has 5 heteroatoms. The number of benzene rings is 1. The lowest BCUT2D eigenvalue weighted by Crippen LogP contribution is -2.53. The zero-order chi connectivity index (χ0) is 18.7. The molecule has 142 valence electrons. The molecule has 3 rings (SSSR count). The Labute approximate surface area is 161 Å². The van der Waals surface area contributed by atoms with E-state index in [2.05, 4.69) is 19.2 Å². The zero-order valence-corrected chi connectivity index (χ0v) is 16.8. The number of hydrogen-bond acceptors (Lipinski definition) is 3. The molecule has 2 atom stereocenters. The molecule has 1 saturated carbocycles. The molecule has 2 fully saturated rings. The van der Waals surface area contributed by atoms with Crippen molar-refractivity contribution < 1.29 is 9.59 Å². The van der Waals surface area contributed by atoms with Crippen LogP contribution in [0.3, 0.4) is 0 Å². The Bertz CT molecular complexity index is 655. The van der Waals surface area contributed by atoms with Crippen molar-refractivity contribution in [2.24, 2.45) is 5.92 Å². The van der Waals surface area contributed by atoms with Gasteiger partial charge in [-0.2, -0.15) is 0 Å². The standard InChI is InChI=1S/C21H30N2O2S/c1-14(2)21-23(20(25)17-12-8-7-9-15(17)3)18(13-26-21)19(24)22-16-10-5-4-6-11-16/h7-9,12,14,16,18,21H,4-6,10-11,13H2,1-3H3,(H,22,24). The molecule has 1 saturated heterocycles. The number of carbonyl (C=O) groups excluding carboxylic acids is 2. The van der Waals surface area contributed by atoms with Gasteiger partial charge in [-0.15, -0.1) is 11.8 Å². The summed E-state index contributed by atoms with van der Waals surface area (Å²) in [6, 6.07) is 7.56. The predicted molar refractivity (Wildman–Crippen MR) is 107 cm³/mol. The van der Waals surface area contributed by atoms with Gasteiger partial charge in [-0.05, 0) is 37.3 Å². The van der Waals surface area contributed by atoms with Crippen molar-refractivity contribution in [3.05, 3.63) is 35.4 Å². The first-order chi connectivity index (χ1) is 12.5. The van der Waals surface area contributed by atoms with Crippen LogP contribution in [-0.4, -0.2) is 39.9 Å². The summed E-state index contributed by atoms with van der Waals surface area (Å²) < 4.78 is 0. The Morgan fingerprint density at radius 3 is 2.50 bits per heavy atom. The van der Waals surface area contributed by atoms with Crippen molar-refractivity contribution in [1.29, 1.82) is 0 Å². The fraction of sp³-hybridized carbons (Fsp3) is 0.619. The molecule has 2 amide bonds. The first-order valence-corrected chi connectivity index (χ1v) is 10.8. The minimum Gasteiger partial charge on any atom is -0.352 e. The van der Waals surface area contributed by atoms with Gasteiger partial charge in [-0.1, -0.05) is 51.3 Å². The van der Waals surface area contributed by atoms with Crippen LogP contribution in [0, 0.1) is 12.8 Å². The number of thioether (sulfide) groups is 1. The van der Waals surface area contributed by atoms with Crippen LogP contribution in [0.1, 0.15) is 61.9 Å². The van der Waals surface area contributed by atoms with Crippen molar-refractivity contribution in [2.75, 3.05) is 5.75 Å². The molecule has 1 N–H and O–H groups in total. The maximum Gasteiger partial charge on any atom is 0.255 e. The second-order valence-corrected chi connectivity index (χ2v) is 9.00. The van der Waals surface area contributed by atoms with Gasteiger partial charge in [0.25, 0.3) is 5.91 Å². The highest BCUT2D eigenvalue weighted by atomic mass is 32.2. The van der Waals surface area contributed by atoms with Gasteiger partial charge in [0.05, 0.1) is 5.37 Å². The third-order valence-corrected chi connectivity index (χ3v) is 7.09. The minimum absolute atomic E-state index is 0.0180. The number of rotatable bonds is 4. The quantitative estimate of drug-likeness (QED) is 0.867. The van der Waals surface area contributed by atoms with Crippen LogP contribution in [0.4, 0.5) is 0 Å². The summed E-state index contributed by atoms with van der Waals surface area (Å²) in [5.74, 6) is 0.990. The number of hydrogen-bond donors (Lipinski definition) is 1. The van der Waals surface area contributed by atoms with Crippen LogP contribution in [0.25, 0.3) is 0 Å². The summed E-state index contributed by atoms with van der Waals surface area (Å²) in [6.45, 7) is 6.20. The van der Waals surface area contributed by atoms with E-state index in [1.54, 1.807) is 11.8 Å². The van der Waals surface area contributed by atoms with Gasteiger partial charge < -0.3 is 10.2 Å². The molecular formula is C21H30N2O2S. The predicted octanol–water partition coefficient (Wildman–Crippen LogP) is 3.98. The maximum absolute atomic E-state index is 13.3. The highest BCUT2D eigenvalue weighted by molar-refractivity contribution is 8.00. The third kappa shape index (κ3) is 4.08. The summed E-state index contributed by atoms with van der Waals surface area (Å²) in [5.41, 5.74) is 1.67. The summed E-state index contributed by atoms with van der Waals surface area (Å²) in [5, 5.41) is 3.27. The summed E-state index contributed by atoms with van der Waals surface area (Å²) >= 11 is 1.73. The second-order valence-electron chi connectivity index (χ2n) is 7.85. The lowest BCUT2D eigenvalue weighted by molar-refractivity contribution is -0.125. The van der Waals surface area contributed by atoms with Gasteiger partial charge in [-0.3, -0.25) is 9.59 Å². The monoisotopic (exact) mass is 374 g/mol. The van der Waals surface area contributed by atoms with Crippen LogP contribution in [0.5, 0.6) is 0 Å². The first-order valence-electron chi connectivity index (χ1n) is 9.79. The molecule has 1 aromatic carbocycles. The van der Waals surface area contributed by atoms with Crippen LogP contribution in [0.2, 0.25) is 0 Å². The Morgan fingerprint density at radius 2 is 1.85 bits per heavy atom. The van der Waals surface area contributed by atoms with Gasteiger partial charge in [0.2, 0.25) is 5.91 Å². The molecule has 1 aliphatic carbocycles. The highest BCUT2D eigenvalue weighted by Crippen LogP contribution is 2.36. The normalized spacial score (nSPS) is 24.1. The number of nitrogens with zero attached hydrogens (tertiary/aromatic N) is 1. The third-order valence-electron chi connectivity index (χ3n) is 5.47. The largest absolute Gasteiger partial charge is 0.352 e. The molecule has 1 aliphatic heterocycles. The average molecular weight is 375 g/mol. The lowest BCUT2D eigenvalue weighted by Gasteiger charge is -2.32. The molecule has 2 unspecified atom stereocenters. The number of aryl methyl sites for hydroxylation is 1. The fourth-order valence-electron chi connectivity index (χ4n) is 4.00. The van der Waals surface area contributed by atoms with Gasteiger partial charge >= 0.3 is 0 Å². The van der Waals surface area contributed by atoms with Gasteiger partial charge in [0.15, 0.2) is 0 Å². The second kappa shape index (κ2) is 8.47. The summed E-state index contributed by atoms with van der Waals surface area (Å²) in [7, 11) is 0. The van der Waals surface area contributed by atoms with Crippen molar-refractivity contribution in [2.45, 2.75) is 70.3 Å². The highest BCUT2D eigenvalue weighted by Gasteiger charge is 2.43. The van der Waals surface area contributed by atoms with Crippen molar-refractivity contribution in [3.63, 3.8) is 0 Å². The van der Waals surface area contributed by atoms with Crippen LogP contribution >= 0.6 is 11.8 Å². The van der Waals surface area contributed by atoms with E-state index in [0.29, 0.717) is 17.2 Å². The van der Waals surface area contributed by atoms with Crippen LogP contribution < -0.4 is 5.32 Å². The van der Waals surface area contributed by atoms with E-state index >= 15 is 0 Å². The zero-order valence-electron chi connectivity index (χ0n) is 16.0. The smallest absolute Gasteiger partial charge is 0.255 e. The number of nitrogens with one attached hydrogen (secondary N) is 1. The number of carbonyl (C=O) groups is 2. The average Bonchev–Trinajstić information content (AvgIpc) is 3.08. The van der Waals surface area contributed by atoms with E-state index in [0.717, 1.165) is 18.4 Å². The molecule has 4 nitrogen and oxygen atoms in total. The molecule has 0 radical (unpaired) electrons.